The molecule has 4 heteroatoms. The standard InChI is InChI=1S/C14H18BrFN2/c15-13-5-10(1-2-14(13)16)8-18-4-3-11-6-17-7-12(11)9-18/h1-2,5,11-12,17H,3-4,6-9H2. The van der Waals surface area contributed by atoms with Gasteiger partial charge in [0.05, 0.1) is 4.47 Å². The SMILES string of the molecule is Fc1ccc(CN2CCC3CNCC3C2)cc1Br. The van der Waals surface area contributed by atoms with Crippen LogP contribution in [0.4, 0.5) is 4.39 Å². The molecule has 18 heavy (non-hydrogen) atoms. The van der Waals surface area contributed by atoms with E-state index in [1.54, 1.807) is 6.07 Å². The first-order chi connectivity index (χ1) is 8.72. The molecular weight excluding hydrogens is 295 g/mol. The molecular formula is C14H18BrFN2. The molecule has 2 atom stereocenters. The molecule has 1 aromatic rings. The Morgan fingerprint density at radius 1 is 1.33 bits per heavy atom. The summed E-state index contributed by atoms with van der Waals surface area (Å²) in [7, 11) is 0. The smallest absolute Gasteiger partial charge is 0.137 e. The van der Waals surface area contributed by atoms with Gasteiger partial charge in [-0.2, -0.15) is 0 Å². The van der Waals surface area contributed by atoms with Gasteiger partial charge in [-0.1, -0.05) is 6.07 Å². The number of fused-ring (bicyclic) bond motifs is 1. The summed E-state index contributed by atoms with van der Waals surface area (Å²) in [4.78, 5) is 2.49. The van der Waals surface area contributed by atoms with Gasteiger partial charge in [-0.05, 0) is 71.5 Å². The zero-order chi connectivity index (χ0) is 12.5. The zero-order valence-corrected chi connectivity index (χ0v) is 11.9. The Bertz CT molecular complexity index is 438. The van der Waals surface area contributed by atoms with E-state index < -0.39 is 0 Å². The highest BCUT2D eigenvalue weighted by Gasteiger charge is 2.32. The number of likely N-dealkylation sites (tertiary alicyclic amines) is 1. The lowest BCUT2D eigenvalue weighted by Gasteiger charge is -2.34. The van der Waals surface area contributed by atoms with Gasteiger partial charge < -0.3 is 5.32 Å². The first-order valence-corrected chi connectivity index (χ1v) is 7.38. The molecule has 0 aromatic heterocycles. The van der Waals surface area contributed by atoms with Crippen LogP contribution in [-0.4, -0.2) is 31.1 Å². The lowest BCUT2D eigenvalue weighted by Crippen LogP contribution is -2.39. The summed E-state index contributed by atoms with van der Waals surface area (Å²) in [5.74, 6) is 1.50. The summed E-state index contributed by atoms with van der Waals surface area (Å²) in [6.45, 7) is 5.63. The lowest BCUT2D eigenvalue weighted by molar-refractivity contribution is 0.142. The summed E-state index contributed by atoms with van der Waals surface area (Å²) < 4.78 is 13.8. The van der Waals surface area contributed by atoms with Crippen LogP contribution in [0.15, 0.2) is 22.7 Å². The van der Waals surface area contributed by atoms with Gasteiger partial charge in [-0.25, -0.2) is 4.39 Å². The summed E-state index contributed by atoms with van der Waals surface area (Å²) in [6.07, 6.45) is 1.29. The molecule has 2 fully saturated rings. The molecule has 98 valence electrons. The number of piperidine rings is 1. The first-order valence-electron chi connectivity index (χ1n) is 6.59. The third-order valence-corrected chi connectivity index (χ3v) is 4.79. The van der Waals surface area contributed by atoms with E-state index >= 15 is 0 Å². The Morgan fingerprint density at radius 3 is 3.00 bits per heavy atom. The second kappa shape index (κ2) is 5.27. The molecule has 0 saturated carbocycles. The van der Waals surface area contributed by atoms with Crippen LogP contribution in [0, 0.1) is 17.7 Å². The number of benzene rings is 1. The summed E-state index contributed by atoms with van der Waals surface area (Å²) in [6, 6.07) is 5.33. The average Bonchev–Trinajstić information content (AvgIpc) is 2.81. The summed E-state index contributed by atoms with van der Waals surface area (Å²) >= 11 is 3.25. The molecule has 2 nitrogen and oxygen atoms in total. The molecule has 0 spiro atoms. The van der Waals surface area contributed by atoms with Crippen molar-refractivity contribution in [3.63, 3.8) is 0 Å². The van der Waals surface area contributed by atoms with Crippen molar-refractivity contribution in [1.29, 1.82) is 0 Å². The fourth-order valence-electron chi connectivity index (χ4n) is 3.15. The highest BCUT2D eigenvalue weighted by atomic mass is 79.9. The predicted octanol–water partition coefficient (Wildman–Crippen LogP) is 2.63. The van der Waals surface area contributed by atoms with Crippen LogP contribution in [0.3, 0.4) is 0 Å². The number of nitrogens with one attached hydrogen (secondary N) is 1. The van der Waals surface area contributed by atoms with Crippen molar-refractivity contribution in [3.8, 4) is 0 Å². The van der Waals surface area contributed by atoms with Gasteiger partial charge in [0.2, 0.25) is 0 Å². The van der Waals surface area contributed by atoms with Crippen molar-refractivity contribution < 1.29 is 4.39 Å². The van der Waals surface area contributed by atoms with Gasteiger partial charge in [-0.15, -0.1) is 0 Å². The number of hydrogen-bond acceptors (Lipinski definition) is 2. The van der Waals surface area contributed by atoms with Crippen molar-refractivity contribution in [2.75, 3.05) is 26.2 Å². The Kier molecular flexibility index (Phi) is 3.68. The van der Waals surface area contributed by atoms with Gasteiger partial charge in [-0.3, -0.25) is 4.90 Å². The van der Waals surface area contributed by atoms with Crippen LogP contribution in [0.25, 0.3) is 0 Å². The van der Waals surface area contributed by atoms with Crippen molar-refractivity contribution in [2.24, 2.45) is 11.8 Å². The molecule has 2 aliphatic rings. The van der Waals surface area contributed by atoms with E-state index in [4.69, 9.17) is 0 Å². The maximum absolute atomic E-state index is 13.2. The molecule has 2 unspecified atom stereocenters. The molecule has 2 aliphatic heterocycles. The Labute approximate surface area is 116 Å². The lowest BCUT2D eigenvalue weighted by atomic mass is 9.88. The van der Waals surface area contributed by atoms with E-state index in [1.165, 1.54) is 25.1 Å². The van der Waals surface area contributed by atoms with E-state index in [9.17, 15) is 4.39 Å². The molecule has 0 bridgehead atoms. The minimum absolute atomic E-state index is 0.183. The van der Waals surface area contributed by atoms with E-state index in [-0.39, 0.29) is 5.82 Å². The monoisotopic (exact) mass is 312 g/mol. The minimum Gasteiger partial charge on any atom is -0.316 e. The fourth-order valence-corrected chi connectivity index (χ4v) is 3.58. The van der Waals surface area contributed by atoms with Crippen LogP contribution in [0.1, 0.15) is 12.0 Å². The van der Waals surface area contributed by atoms with Crippen LogP contribution in [0.5, 0.6) is 0 Å². The predicted molar refractivity (Wildman–Crippen MR) is 73.8 cm³/mol. The number of hydrogen-bond donors (Lipinski definition) is 1. The number of halogens is 2. The van der Waals surface area contributed by atoms with Gasteiger partial charge in [0.25, 0.3) is 0 Å². The van der Waals surface area contributed by atoms with Gasteiger partial charge >= 0.3 is 0 Å². The highest BCUT2D eigenvalue weighted by Crippen LogP contribution is 2.27. The van der Waals surface area contributed by atoms with Gasteiger partial charge in [0.1, 0.15) is 5.82 Å². The van der Waals surface area contributed by atoms with E-state index in [0.29, 0.717) is 4.47 Å². The molecule has 3 rings (SSSR count). The Balaban J connectivity index is 1.64. The van der Waals surface area contributed by atoms with E-state index in [2.05, 4.69) is 26.1 Å². The normalized spacial score (nSPS) is 28.3. The summed E-state index contributed by atoms with van der Waals surface area (Å²) in [5, 5.41) is 3.48. The van der Waals surface area contributed by atoms with Gasteiger partial charge in [0.15, 0.2) is 0 Å². The Morgan fingerprint density at radius 2 is 2.17 bits per heavy atom. The van der Waals surface area contributed by atoms with E-state index in [0.717, 1.165) is 31.5 Å². The Hall–Kier alpha value is -0.450. The molecule has 2 heterocycles. The van der Waals surface area contributed by atoms with Crippen LogP contribution >= 0.6 is 15.9 Å². The van der Waals surface area contributed by atoms with Crippen molar-refractivity contribution in [1.82, 2.24) is 10.2 Å². The fraction of sp³-hybridized carbons (Fsp3) is 0.571. The minimum atomic E-state index is -0.183. The zero-order valence-electron chi connectivity index (χ0n) is 10.3. The summed E-state index contributed by atoms with van der Waals surface area (Å²) in [5.41, 5.74) is 1.19. The molecule has 0 radical (unpaired) electrons. The molecule has 0 aliphatic carbocycles. The van der Waals surface area contributed by atoms with Crippen LogP contribution in [-0.2, 0) is 6.54 Å². The molecule has 2 saturated heterocycles. The number of nitrogens with zero attached hydrogens (tertiary/aromatic N) is 1. The first kappa shape index (κ1) is 12.6. The quantitative estimate of drug-likeness (QED) is 0.903. The van der Waals surface area contributed by atoms with E-state index in [1.807, 2.05) is 12.1 Å². The van der Waals surface area contributed by atoms with Crippen LogP contribution in [0.2, 0.25) is 0 Å². The third-order valence-electron chi connectivity index (χ3n) is 4.18. The maximum Gasteiger partial charge on any atom is 0.137 e. The number of rotatable bonds is 2. The van der Waals surface area contributed by atoms with Crippen LogP contribution < -0.4 is 5.32 Å². The second-order valence-corrected chi connectivity index (χ2v) is 6.30. The second-order valence-electron chi connectivity index (χ2n) is 5.45. The highest BCUT2D eigenvalue weighted by molar-refractivity contribution is 9.10. The van der Waals surface area contributed by atoms with Crippen molar-refractivity contribution in [2.45, 2.75) is 13.0 Å². The largest absolute Gasteiger partial charge is 0.316 e. The van der Waals surface area contributed by atoms with Crippen molar-refractivity contribution >= 4 is 15.9 Å². The topological polar surface area (TPSA) is 15.3 Å². The third kappa shape index (κ3) is 2.60. The molecule has 0 amide bonds. The van der Waals surface area contributed by atoms with Crippen molar-refractivity contribution in [3.05, 3.63) is 34.1 Å². The molecule has 1 aromatic carbocycles. The van der Waals surface area contributed by atoms with Gasteiger partial charge in [0, 0.05) is 13.1 Å². The maximum atomic E-state index is 13.2. The molecule has 1 N–H and O–H groups in total. The average molecular weight is 313 g/mol.